The number of aromatic amines is 1. The minimum atomic E-state index is 0.626. The standard InChI is InChI=1S/C15H14N4S/c20-15-18-17-14(7-6-12-8-10-16-11-9-12)19(15)13-4-2-1-3-5-13/h1-5,8-11H,6-7H2,(H,18,20). The molecule has 2 heterocycles. The van der Waals surface area contributed by atoms with E-state index in [-0.39, 0.29) is 0 Å². The molecule has 3 rings (SSSR count). The summed E-state index contributed by atoms with van der Waals surface area (Å²) in [5.41, 5.74) is 2.28. The minimum Gasteiger partial charge on any atom is -0.272 e. The molecule has 0 atom stereocenters. The zero-order valence-electron chi connectivity index (χ0n) is 10.9. The van der Waals surface area contributed by atoms with E-state index in [2.05, 4.69) is 15.2 Å². The van der Waals surface area contributed by atoms with Crippen LogP contribution in [-0.2, 0) is 12.8 Å². The SMILES string of the molecule is S=c1[nH]nc(CCc2ccncc2)n1-c1ccccc1. The van der Waals surface area contributed by atoms with Gasteiger partial charge in [0, 0.05) is 24.5 Å². The van der Waals surface area contributed by atoms with Gasteiger partial charge in [-0.05, 0) is 48.5 Å². The summed E-state index contributed by atoms with van der Waals surface area (Å²) in [6.07, 6.45) is 5.36. The first-order chi connectivity index (χ1) is 9.84. The molecular weight excluding hydrogens is 268 g/mol. The predicted octanol–water partition coefficient (Wildman–Crippen LogP) is 3.11. The number of aryl methyl sites for hydroxylation is 2. The normalized spacial score (nSPS) is 10.6. The van der Waals surface area contributed by atoms with Crippen LogP contribution in [0.2, 0.25) is 0 Å². The van der Waals surface area contributed by atoms with Crippen molar-refractivity contribution in [3.63, 3.8) is 0 Å². The van der Waals surface area contributed by atoms with Crippen LogP contribution in [0.15, 0.2) is 54.9 Å². The van der Waals surface area contributed by atoms with Crippen molar-refractivity contribution in [3.05, 3.63) is 71.0 Å². The lowest BCUT2D eigenvalue weighted by Gasteiger charge is -2.06. The Labute approximate surface area is 122 Å². The Bertz CT molecular complexity index is 731. The summed E-state index contributed by atoms with van der Waals surface area (Å²) < 4.78 is 2.61. The molecule has 100 valence electrons. The fraction of sp³-hybridized carbons (Fsp3) is 0.133. The fourth-order valence-electron chi connectivity index (χ4n) is 2.15. The molecule has 4 nitrogen and oxygen atoms in total. The molecule has 0 fully saturated rings. The van der Waals surface area contributed by atoms with E-state index in [0.29, 0.717) is 4.77 Å². The summed E-state index contributed by atoms with van der Waals surface area (Å²) in [5.74, 6) is 0.943. The highest BCUT2D eigenvalue weighted by atomic mass is 32.1. The van der Waals surface area contributed by atoms with Crippen LogP contribution < -0.4 is 0 Å². The highest BCUT2D eigenvalue weighted by Crippen LogP contribution is 2.12. The van der Waals surface area contributed by atoms with E-state index >= 15 is 0 Å². The van der Waals surface area contributed by atoms with Crippen LogP contribution in [-0.4, -0.2) is 19.7 Å². The molecule has 0 bridgehead atoms. The van der Waals surface area contributed by atoms with E-state index in [1.165, 1.54) is 5.56 Å². The second-order valence-corrected chi connectivity index (χ2v) is 4.86. The molecule has 0 saturated carbocycles. The van der Waals surface area contributed by atoms with Crippen molar-refractivity contribution in [1.82, 2.24) is 19.7 Å². The maximum Gasteiger partial charge on any atom is 0.199 e. The molecular formula is C15H14N4S. The van der Waals surface area contributed by atoms with Gasteiger partial charge in [-0.1, -0.05) is 18.2 Å². The molecule has 20 heavy (non-hydrogen) atoms. The molecule has 2 aromatic heterocycles. The maximum absolute atomic E-state index is 5.32. The van der Waals surface area contributed by atoms with Crippen LogP contribution in [0.25, 0.3) is 5.69 Å². The summed E-state index contributed by atoms with van der Waals surface area (Å²) in [7, 11) is 0. The monoisotopic (exact) mass is 282 g/mol. The minimum absolute atomic E-state index is 0.626. The zero-order chi connectivity index (χ0) is 13.8. The van der Waals surface area contributed by atoms with Crippen LogP contribution >= 0.6 is 12.2 Å². The van der Waals surface area contributed by atoms with Gasteiger partial charge in [-0.3, -0.25) is 14.6 Å². The summed E-state index contributed by atoms with van der Waals surface area (Å²) in [6, 6.07) is 14.1. The van der Waals surface area contributed by atoms with Crippen LogP contribution in [0.4, 0.5) is 0 Å². The smallest absolute Gasteiger partial charge is 0.199 e. The molecule has 0 aliphatic rings. The Morgan fingerprint density at radius 2 is 1.75 bits per heavy atom. The lowest BCUT2D eigenvalue weighted by Crippen LogP contribution is -2.03. The molecule has 1 aromatic carbocycles. The first kappa shape index (κ1) is 12.7. The fourth-order valence-corrected chi connectivity index (χ4v) is 2.40. The van der Waals surface area contributed by atoms with Crippen molar-refractivity contribution in [2.75, 3.05) is 0 Å². The van der Waals surface area contributed by atoms with Gasteiger partial charge in [-0.25, -0.2) is 0 Å². The van der Waals surface area contributed by atoms with Crippen molar-refractivity contribution in [2.24, 2.45) is 0 Å². The molecule has 0 aliphatic heterocycles. The summed E-state index contributed by atoms with van der Waals surface area (Å²) >= 11 is 5.32. The lowest BCUT2D eigenvalue weighted by molar-refractivity contribution is 0.819. The van der Waals surface area contributed by atoms with Gasteiger partial charge in [-0.2, -0.15) is 5.10 Å². The highest BCUT2D eigenvalue weighted by molar-refractivity contribution is 7.71. The van der Waals surface area contributed by atoms with Gasteiger partial charge < -0.3 is 0 Å². The van der Waals surface area contributed by atoms with Gasteiger partial charge in [0.1, 0.15) is 5.82 Å². The van der Waals surface area contributed by atoms with Crippen LogP contribution in [0, 0.1) is 4.77 Å². The quantitative estimate of drug-likeness (QED) is 0.748. The van der Waals surface area contributed by atoms with E-state index in [9.17, 15) is 0 Å². The molecule has 0 spiro atoms. The average Bonchev–Trinajstić information content (AvgIpc) is 2.88. The third kappa shape index (κ3) is 2.67. The van der Waals surface area contributed by atoms with Crippen LogP contribution in [0.1, 0.15) is 11.4 Å². The van der Waals surface area contributed by atoms with Gasteiger partial charge in [0.25, 0.3) is 0 Å². The number of hydrogen-bond donors (Lipinski definition) is 1. The largest absolute Gasteiger partial charge is 0.272 e. The Kier molecular flexibility index (Phi) is 3.69. The van der Waals surface area contributed by atoms with Crippen molar-refractivity contribution < 1.29 is 0 Å². The van der Waals surface area contributed by atoms with Gasteiger partial charge in [0.05, 0.1) is 0 Å². The molecule has 0 radical (unpaired) electrons. The maximum atomic E-state index is 5.32. The van der Waals surface area contributed by atoms with E-state index in [1.54, 1.807) is 0 Å². The zero-order valence-corrected chi connectivity index (χ0v) is 11.7. The second kappa shape index (κ2) is 5.79. The predicted molar refractivity (Wildman–Crippen MR) is 80.4 cm³/mol. The number of nitrogens with one attached hydrogen (secondary N) is 1. The number of aromatic nitrogens is 4. The summed E-state index contributed by atoms with van der Waals surface area (Å²) in [5, 5.41) is 7.21. The first-order valence-electron chi connectivity index (χ1n) is 6.45. The van der Waals surface area contributed by atoms with E-state index in [0.717, 1.165) is 24.4 Å². The van der Waals surface area contributed by atoms with E-state index < -0.39 is 0 Å². The number of hydrogen-bond acceptors (Lipinski definition) is 3. The van der Waals surface area contributed by atoms with Gasteiger partial charge in [-0.15, -0.1) is 0 Å². The van der Waals surface area contributed by atoms with Crippen molar-refractivity contribution in [1.29, 1.82) is 0 Å². The topological polar surface area (TPSA) is 46.5 Å². The number of para-hydroxylation sites is 1. The van der Waals surface area contributed by atoms with Crippen LogP contribution in [0.5, 0.6) is 0 Å². The molecule has 5 heteroatoms. The number of pyridine rings is 1. The molecule has 0 amide bonds. The Morgan fingerprint density at radius 3 is 2.50 bits per heavy atom. The second-order valence-electron chi connectivity index (χ2n) is 4.47. The highest BCUT2D eigenvalue weighted by Gasteiger charge is 2.08. The third-order valence-corrected chi connectivity index (χ3v) is 3.42. The lowest BCUT2D eigenvalue weighted by atomic mass is 10.1. The Morgan fingerprint density at radius 1 is 1.00 bits per heavy atom. The first-order valence-corrected chi connectivity index (χ1v) is 6.86. The molecule has 1 N–H and O–H groups in total. The molecule has 0 unspecified atom stereocenters. The molecule has 3 aromatic rings. The summed E-state index contributed by atoms with van der Waals surface area (Å²) in [4.78, 5) is 4.03. The number of benzene rings is 1. The van der Waals surface area contributed by atoms with Crippen LogP contribution in [0.3, 0.4) is 0 Å². The van der Waals surface area contributed by atoms with Gasteiger partial charge in [0.15, 0.2) is 4.77 Å². The third-order valence-electron chi connectivity index (χ3n) is 3.14. The number of H-pyrrole nitrogens is 1. The van der Waals surface area contributed by atoms with Crippen molar-refractivity contribution in [2.45, 2.75) is 12.8 Å². The van der Waals surface area contributed by atoms with E-state index in [1.807, 2.05) is 59.4 Å². The summed E-state index contributed by atoms with van der Waals surface area (Å²) in [6.45, 7) is 0. The van der Waals surface area contributed by atoms with Gasteiger partial charge in [0.2, 0.25) is 0 Å². The number of rotatable bonds is 4. The molecule has 0 aliphatic carbocycles. The van der Waals surface area contributed by atoms with Crippen molar-refractivity contribution in [3.8, 4) is 5.69 Å². The number of nitrogens with zero attached hydrogens (tertiary/aromatic N) is 3. The Hall–Kier alpha value is -2.27. The van der Waals surface area contributed by atoms with Gasteiger partial charge >= 0.3 is 0 Å². The van der Waals surface area contributed by atoms with Crippen molar-refractivity contribution >= 4 is 12.2 Å². The van der Waals surface area contributed by atoms with E-state index in [4.69, 9.17) is 12.2 Å². The average molecular weight is 282 g/mol. The molecule has 0 saturated heterocycles. The Balaban J connectivity index is 1.87.